The molecule has 1 N–H and O–H groups in total. The van der Waals surface area contributed by atoms with Gasteiger partial charge in [0.1, 0.15) is 11.9 Å². The third-order valence-corrected chi connectivity index (χ3v) is 2.45. The summed E-state index contributed by atoms with van der Waals surface area (Å²) < 4.78 is 0. The van der Waals surface area contributed by atoms with Gasteiger partial charge in [0.15, 0.2) is 0 Å². The van der Waals surface area contributed by atoms with Crippen molar-refractivity contribution in [2.24, 2.45) is 0 Å². The molecule has 0 aliphatic rings. The van der Waals surface area contributed by atoms with Gasteiger partial charge >= 0.3 is 0 Å². The highest BCUT2D eigenvalue weighted by atomic mass is 35.5. The molecule has 0 aliphatic heterocycles. The Kier molecular flexibility index (Phi) is 3.51. The van der Waals surface area contributed by atoms with Gasteiger partial charge in [-0.2, -0.15) is 5.26 Å². The second-order valence-electron chi connectivity index (χ2n) is 3.35. The first-order valence-electron chi connectivity index (χ1n) is 4.97. The van der Waals surface area contributed by atoms with E-state index in [0.717, 1.165) is 0 Å². The lowest BCUT2D eigenvalue weighted by Crippen LogP contribution is -2.13. The fraction of sp³-hybridized carbons (Fsp3) is 0. The zero-order valence-corrected chi connectivity index (χ0v) is 9.85. The molecule has 2 aromatic heterocycles. The van der Waals surface area contributed by atoms with Crippen molar-refractivity contribution >= 4 is 23.3 Å². The third-order valence-electron chi connectivity index (χ3n) is 2.15. The lowest BCUT2D eigenvalue weighted by Gasteiger charge is -2.05. The zero-order chi connectivity index (χ0) is 13.0. The molecule has 0 atom stereocenters. The lowest BCUT2D eigenvalue weighted by atomic mass is 10.2. The van der Waals surface area contributed by atoms with Crippen LogP contribution >= 0.6 is 11.6 Å². The number of rotatable bonds is 2. The molecule has 0 unspecified atom stereocenters. The van der Waals surface area contributed by atoms with Gasteiger partial charge in [-0.1, -0.05) is 11.6 Å². The molecule has 0 fully saturated rings. The predicted octanol–water partition coefficient (Wildman–Crippen LogP) is 2.25. The number of hydrogen-bond acceptors (Lipinski definition) is 4. The van der Waals surface area contributed by atoms with Crippen molar-refractivity contribution in [3.8, 4) is 6.07 Å². The van der Waals surface area contributed by atoms with Crippen molar-refractivity contribution in [3.05, 3.63) is 52.9 Å². The lowest BCUT2D eigenvalue weighted by molar-refractivity contribution is 0.102. The highest BCUT2D eigenvalue weighted by Gasteiger charge is 2.10. The Morgan fingerprint density at radius 2 is 2.17 bits per heavy atom. The summed E-state index contributed by atoms with van der Waals surface area (Å²) in [6.45, 7) is 0. The van der Waals surface area contributed by atoms with Crippen LogP contribution in [0.2, 0.25) is 5.02 Å². The minimum atomic E-state index is -0.375. The van der Waals surface area contributed by atoms with E-state index in [4.69, 9.17) is 16.9 Å². The molecule has 0 saturated carbocycles. The fourth-order valence-corrected chi connectivity index (χ4v) is 1.48. The molecule has 0 radical (unpaired) electrons. The SMILES string of the molecule is N#Cc1ccc(NC(=O)c2ccncc2Cl)nc1. The number of nitriles is 1. The van der Waals surface area contributed by atoms with Gasteiger partial charge in [0.05, 0.1) is 16.1 Å². The van der Waals surface area contributed by atoms with Crippen LogP contribution in [0.3, 0.4) is 0 Å². The molecule has 88 valence electrons. The summed E-state index contributed by atoms with van der Waals surface area (Å²) in [5.41, 5.74) is 0.743. The van der Waals surface area contributed by atoms with Gasteiger partial charge in [-0.05, 0) is 18.2 Å². The van der Waals surface area contributed by atoms with Gasteiger partial charge in [-0.15, -0.1) is 0 Å². The summed E-state index contributed by atoms with van der Waals surface area (Å²) in [5.74, 6) is -0.0218. The Hall–Kier alpha value is -2.45. The average Bonchev–Trinajstić information content (AvgIpc) is 2.40. The van der Waals surface area contributed by atoms with E-state index in [2.05, 4.69) is 15.3 Å². The van der Waals surface area contributed by atoms with Crippen LogP contribution in [0.5, 0.6) is 0 Å². The molecule has 1 amide bonds. The van der Waals surface area contributed by atoms with Crippen molar-refractivity contribution < 1.29 is 4.79 Å². The van der Waals surface area contributed by atoms with Gasteiger partial charge < -0.3 is 5.32 Å². The number of aromatic nitrogens is 2. The quantitative estimate of drug-likeness (QED) is 0.896. The number of hydrogen-bond donors (Lipinski definition) is 1. The number of carbonyl (C=O) groups excluding carboxylic acids is 1. The van der Waals surface area contributed by atoms with Crippen molar-refractivity contribution in [1.82, 2.24) is 9.97 Å². The zero-order valence-electron chi connectivity index (χ0n) is 9.09. The van der Waals surface area contributed by atoms with Crippen LogP contribution in [0.25, 0.3) is 0 Å². The molecule has 0 aliphatic carbocycles. The van der Waals surface area contributed by atoms with Crippen LogP contribution < -0.4 is 5.32 Å². The fourth-order valence-electron chi connectivity index (χ4n) is 1.28. The van der Waals surface area contributed by atoms with Crippen LogP contribution in [0.4, 0.5) is 5.82 Å². The van der Waals surface area contributed by atoms with E-state index in [1.807, 2.05) is 6.07 Å². The van der Waals surface area contributed by atoms with E-state index in [1.54, 1.807) is 12.1 Å². The largest absolute Gasteiger partial charge is 0.307 e. The number of nitrogens with one attached hydrogen (secondary N) is 1. The smallest absolute Gasteiger partial charge is 0.258 e. The maximum absolute atomic E-state index is 11.9. The maximum atomic E-state index is 11.9. The first-order valence-corrected chi connectivity index (χ1v) is 5.35. The number of carbonyl (C=O) groups is 1. The van der Waals surface area contributed by atoms with Crippen molar-refractivity contribution in [3.63, 3.8) is 0 Å². The molecule has 2 heterocycles. The van der Waals surface area contributed by atoms with Crippen LogP contribution in [0.1, 0.15) is 15.9 Å². The van der Waals surface area contributed by atoms with Crippen molar-refractivity contribution in [1.29, 1.82) is 5.26 Å². The molecule has 0 spiro atoms. The van der Waals surface area contributed by atoms with E-state index in [1.165, 1.54) is 24.7 Å². The Morgan fingerprint density at radius 1 is 1.33 bits per heavy atom. The number of halogens is 1. The summed E-state index contributed by atoms with van der Waals surface area (Å²) in [4.78, 5) is 19.6. The Morgan fingerprint density at radius 3 is 2.78 bits per heavy atom. The van der Waals surface area contributed by atoms with Gasteiger partial charge in [0, 0.05) is 18.6 Å². The molecule has 6 heteroatoms. The van der Waals surface area contributed by atoms with Crippen LogP contribution in [-0.2, 0) is 0 Å². The van der Waals surface area contributed by atoms with E-state index in [-0.39, 0.29) is 10.9 Å². The predicted molar refractivity (Wildman–Crippen MR) is 66.2 cm³/mol. The number of pyridine rings is 2. The van der Waals surface area contributed by atoms with Gasteiger partial charge in [0.2, 0.25) is 0 Å². The minimum Gasteiger partial charge on any atom is -0.307 e. The second kappa shape index (κ2) is 5.25. The molecular formula is C12H7ClN4O. The first kappa shape index (κ1) is 12.0. The van der Waals surface area contributed by atoms with Crippen LogP contribution in [0.15, 0.2) is 36.8 Å². The Bertz CT molecular complexity index is 619. The first-order chi connectivity index (χ1) is 8.70. The molecule has 0 bridgehead atoms. The standard InChI is InChI=1S/C12H7ClN4O/c13-10-7-15-4-3-9(10)12(18)17-11-2-1-8(5-14)6-16-11/h1-4,6-7H,(H,16,17,18). The van der Waals surface area contributed by atoms with Crippen molar-refractivity contribution in [2.45, 2.75) is 0 Å². The van der Waals surface area contributed by atoms with Crippen LogP contribution in [0, 0.1) is 11.3 Å². The minimum absolute atomic E-state index is 0.267. The van der Waals surface area contributed by atoms with Gasteiger partial charge in [-0.25, -0.2) is 4.98 Å². The Balaban J connectivity index is 2.17. The van der Waals surface area contributed by atoms with Gasteiger partial charge in [-0.3, -0.25) is 9.78 Å². The summed E-state index contributed by atoms with van der Waals surface area (Å²) in [6.07, 6.45) is 4.25. The topological polar surface area (TPSA) is 78.7 Å². The average molecular weight is 259 g/mol. The molecule has 0 aromatic carbocycles. The van der Waals surface area contributed by atoms with Crippen molar-refractivity contribution in [2.75, 3.05) is 5.32 Å². The molecular weight excluding hydrogens is 252 g/mol. The van der Waals surface area contributed by atoms with E-state index in [9.17, 15) is 4.79 Å². The van der Waals surface area contributed by atoms with E-state index in [0.29, 0.717) is 16.9 Å². The molecule has 2 rings (SSSR count). The molecule has 5 nitrogen and oxygen atoms in total. The van der Waals surface area contributed by atoms with E-state index >= 15 is 0 Å². The highest BCUT2D eigenvalue weighted by molar-refractivity contribution is 6.34. The number of amides is 1. The summed E-state index contributed by atoms with van der Waals surface area (Å²) in [7, 11) is 0. The Labute approximate surface area is 108 Å². The number of anilines is 1. The maximum Gasteiger partial charge on any atom is 0.258 e. The monoisotopic (exact) mass is 258 g/mol. The molecule has 2 aromatic rings. The third kappa shape index (κ3) is 2.62. The molecule has 0 saturated heterocycles. The second-order valence-corrected chi connectivity index (χ2v) is 3.76. The summed E-state index contributed by atoms with van der Waals surface area (Å²) in [6, 6.07) is 6.57. The summed E-state index contributed by atoms with van der Waals surface area (Å²) >= 11 is 5.85. The van der Waals surface area contributed by atoms with Gasteiger partial charge in [0.25, 0.3) is 5.91 Å². The highest BCUT2D eigenvalue weighted by Crippen LogP contribution is 2.15. The number of nitrogens with zero attached hydrogens (tertiary/aromatic N) is 3. The normalized spacial score (nSPS) is 9.56. The van der Waals surface area contributed by atoms with E-state index < -0.39 is 0 Å². The molecule has 18 heavy (non-hydrogen) atoms. The summed E-state index contributed by atoms with van der Waals surface area (Å²) in [5, 5.41) is 11.5. The van der Waals surface area contributed by atoms with Crippen LogP contribution in [-0.4, -0.2) is 15.9 Å².